The molecule has 1 atom stereocenters. The Kier molecular flexibility index (Phi) is 4.17. The van der Waals surface area contributed by atoms with E-state index in [0.29, 0.717) is 6.04 Å². The van der Waals surface area contributed by atoms with Gasteiger partial charge in [0, 0.05) is 18.8 Å². The quantitative estimate of drug-likeness (QED) is 0.694. The minimum absolute atomic E-state index is 0.529. The molecule has 1 unspecified atom stereocenters. The molecular weight excluding hydrogens is 186 g/mol. The van der Waals surface area contributed by atoms with Crippen LogP contribution in [0.4, 0.5) is 0 Å². The van der Waals surface area contributed by atoms with Gasteiger partial charge in [-0.25, -0.2) is 4.68 Å². The van der Waals surface area contributed by atoms with Crippen LogP contribution in [-0.4, -0.2) is 39.0 Å². The van der Waals surface area contributed by atoms with Gasteiger partial charge in [0.2, 0.25) is 5.16 Å². The summed E-state index contributed by atoms with van der Waals surface area (Å²) in [6.07, 6.45) is 1.12. The standard InChI is InChI=1S/C7H15N5S/c1-4-6(8-2)5-13-7-9-10-11-12(7)3/h6,8H,4-5H2,1-3H3. The van der Waals surface area contributed by atoms with E-state index < -0.39 is 0 Å². The summed E-state index contributed by atoms with van der Waals surface area (Å²) in [5.74, 6) is 1.00. The SMILES string of the molecule is CCC(CSc1nnnn1C)NC. The average molecular weight is 201 g/mol. The van der Waals surface area contributed by atoms with E-state index >= 15 is 0 Å². The predicted molar refractivity (Wildman–Crippen MR) is 52.7 cm³/mol. The molecule has 0 amide bonds. The first-order valence-electron chi connectivity index (χ1n) is 4.30. The number of thioether (sulfide) groups is 1. The van der Waals surface area contributed by atoms with Gasteiger partial charge < -0.3 is 5.32 Å². The van der Waals surface area contributed by atoms with E-state index in [2.05, 4.69) is 27.8 Å². The smallest absolute Gasteiger partial charge is 0.209 e. The lowest BCUT2D eigenvalue weighted by atomic mass is 10.3. The Balaban J connectivity index is 2.38. The Labute approximate surface area is 82.3 Å². The van der Waals surface area contributed by atoms with E-state index in [9.17, 15) is 0 Å². The fraction of sp³-hybridized carbons (Fsp3) is 0.857. The summed E-state index contributed by atoms with van der Waals surface area (Å²) < 4.78 is 1.69. The van der Waals surface area contributed by atoms with Crippen LogP contribution in [0.25, 0.3) is 0 Å². The second-order valence-electron chi connectivity index (χ2n) is 2.79. The maximum Gasteiger partial charge on any atom is 0.209 e. The molecule has 0 bridgehead atoms. The zero-order chi connectivity index (χ0) is 9.68. The molecule has 0 radical (unpaired) electrons. The molecule has 0 aliphatic heterocycles. The molecule has 6 heteroatoms. The van der Waals surface area contributed by atoms with Crippen molar-refractivity contribution in [2.45, 2.75) is 24.5 Å². The fourth-order valence-corrected chi connectivity index (χ4v) is 1.99. The van der Waals surface area contributed by atoms with E-state index in [0.717, 1.165) is 17.3 Å². The third-order valence-electron chi connectivity index (χ3n) is 1.90. The van der Waals surface area contributed by atoms with Crippen molar-refractivity contribution in [3.05, 3.63) is 0 Å². The van der Waals surface area contributed by atoms with Gasteiger partial charge in [-0.05, 0) is 23.9 Å². The van der Waals surface area contributed by atoms with Gasteiger partial charge >= 0.3 is 0 Å². The number of nitrogens with zero attached hydrogens (tertiary/aromatic N) is 4. The molecule has 0 fully saturated rings. The lowest BCUT2D eigenvalue weighted by molar-refractivity contribution is 0.599. The highest BCUT2D eigenvalue weighted by Crippen LogP contribution is 2.14. The Morgan fingerprint density at radius 1 is 1.62 bits per heavy atom. The average Bonchev–Trinajstić information content (AvgIpc) is 2.54. The minimum Gasteiger partial charge on any atom is -0.316 e. The first-order chi connectivity index (χ1) is 6.27. The van der Waals surface area contributed by atoms with Crippen molar-refractivity contribution in [3.63, 3.8) is 0 Å². The van der Waals surface area contributed by atoms with Crippen LogP contribution in [-0.2, 0) is 7.05 Å². The number of rotatable bonds is 5. The zero-order valence-electron chi connectivity index (χ0n) is 8.19. The zero-order valence-corrected chi connectivity index (χ0v) is 9.01. The first-order valence-corrected chi connectivity index (χ1v) is 5.29. The van der Waals surface area contributed by atoms with Gasteiger partial charge in [-0.15, -0.1) is 5.10 Å². The van der Waals surface area contributed by atoms with E-state index in [1.165, 1.54) is 0 Å². The van der Waals surface area contributed by atoms with E-state index in [-0.39, 0.29) is 0 Å². The van der Waals surface area contributed by atoms with Crippen LogP contribution in [0.5, 0.6) is 0 Å². The summed E-state index contributed by atoms with van der Waals surface area (Å²) >= 11 is 1.68. The van der Waals surface area contributed by atoms with Gasteiger partial charge in [-0.2, -0.15) is 0 Å². The number of aromatic nitrogens is 4. The molecule has 0 aliphatic carbocycles. The van der Waals surface area contributed by atoms with E-state index in [4.69, 9.17) is 0 Å². The Hall–Kier alpha value is -0.620. The second kappa shape index (κ2) is 5.18. The molecule has 5 nitrogen and oxygen atoms in total. The van der Waals surface area contributed by atoms with Crippen molar-refractivity contribution in [2.24, 2.45) is 7.05 Å². The van der Waals surface area contributed by atoms with Crippen LogP contribution in [0.2, 0.25) is 0 Å². The van der Waals surface area contributed by atoms with Crippen LogP contribution < -0.4 is 5.32 Å². The maximum absolute atomic E-state index is 3.89. The monoisotopic (exact) mass is 201 g/mol. The summed E-state index contributed by atoms with van der Waals surface area (Å²) in [6.45, 7) is 2.16. The number of hydrogen-bond acceptors (Lipinski definition) is 5. The molecule has 1 rings (SSSR count). The van der Waals surface area contributed by atoms with Crippen LogP contribution in [0.15, 0.2) is 5.16 Å². The van der Waals surface area contributed by atoms with Gasteiger partial charge in [0.05, 0.1) is 0 Å². The van der Waals surface area contributed by atoms with Crippen LogP contribution in [0, 0.1) is 0 Å². The number of hydrogen-bond donors (Lipinski definition) is 1. The molecule has 0 aliphatic rings. The molecule has 1 aromatic rings. The summed E-state index contributed by atoms with van der Waals surface area (Å²) in [5, 5.41) is 15.3. The topological polar surface area (TPSA) is 55.6 Å². The third-order valence-corrected chi connectivity index (χ3v) is 3.07. The lowest BCUT2D eigenvalue weighted by Crippen LogP contribution is -2.26. The summed E-state index contributed by atoms with van der Waals surface area (Å²) in [6, 6.07) is 0.529. The van der Waals surface area contributed by atoms with Crippen molar-refractivity contribution < 1.29 is 0 Å². The van der Waals surface area contributed by atoms with Gasteiger partial charge in [-0.3, -0.25) is 0 Å². The third kappa shape index (κ3) is 2.96. The lowest BCUT2D eigenvalue weighted by Gasteiger charge is -2.11. The molecule has 0 saturated carbocycles. The second-order valence-corrected chi connectivity index (χ2v) is 3.78. The van der Waals surface area contributed by atoms with Crippen molar-refractivity contribution in [1.82, 2.24) is 25.5 Å². The van der Waals surface area contributed by atoms with Crippen molar-refractivity contribution in [1.29, 1.82) is 0 Å². The molecule has 0 saturated heterocycles. The van der Waals surface area contributed by atoms with Crippen molar-refractivity contribution >= 4 is 11.8 Å². The first kappa shape index (κ1) is 10.5. The molecule has 13 heavy (non-hydrogen) atoms. The molecule has 0 aromatic carbocycles. The highest BCUT2D eigenvalue weighted by Gasteiger charge is 2.07. The number of tetrazole rings is 1. The summed E-state index contributed by atoms with van der Waals surface area (Å²) in [5.41, 5.74) is 0. The minimum atomic E-state index is 0.529. The summed E-state index contributed by atoms with van der Waals surface area (Å²) in [4.78, 5) is 0. The highest BCUT2D eigenvalue weighted by molar-refractivity contribution is 7.99. The highest BCUT2D eigenvalue weighted by atomic mass is 32.2. The molecule has 1 N–H and O–H groups in total. The Morgan fingerprint density at radius 3 is 2.85 bits per heavy atom. The van der Waals surface area contributed by atoms with Crippen LogP contribution in [0.1, 0.15) is 13.3 Å². The maximum atomic E-state index is 3.89. The largest absolute Gasteiger partial charge is 0.316 e. The molecule has 0 spiro atoms. The van der Waals surface area contributed by atoms with Gasteiger partial charge in [0.1, 0.15) is 0 Å². The summed E-state index contributed by atoms with van der Waals surface area (Å²) in [7, 11) is 3.83. The molecule has 1 aromatic heterocycles. The fourth-order valence-electron chi connectivity index (χ4n) is 0.924. The van der Waals surface area contributed by atoms with Crippen molar-refractivity contribution in [3.8, 4) is 0 Å². The molecule has 74 valence electrons. The Bertz CT molecular complexity index is 245. The number of aryl methyl sites for hydroxylation is 1. The Morgan fingerprint density at radius 2 is 2.38 bits per heavy atom. The van der Waals surface area contributed by atoms with Gasteiger partial charge in [0.25, 0.3) is 0 Å². The molecule has 1 heterocycles. The predicted octanol–water partition coefficient (Wildman–Crippen LogP) is 0.300. The molecular formula is C7H15N5S. The van der Waals surface area contributed by atoms with Gasteiger partial charge in [-0.1, -0.05) is 18.7 Å². The van der Waals surface area contributed by atoms with E-state index in [1.54, 1.807) is 16.4 Å². The van der Waals surface area contributed by atoms with Crippen LogP contribution >= 0.6 is 11.8 Å². The van der Waals surface area contributed by atoms with Crippen LogP contribution in [0.3, 0.4) is 0 Å². The van der Waals surface area contributed by atoms with Crippen molar-refractivity contribution in [2.75, 3.05) is 12.8 Å². The van der Waals surface area contributed by atoms with Gasteiger partial charge in [0.15, 0.2) is 0 Å². The normalized spacial score (nSPS) is 13.2. The van der Waals surface area contributed by atoms with E-state index in [1.807, 2.05) is 14.1 Å². The number of nitrogens with one attached hydrogen (secondary N) is 1.